The number of nitrogens with one attached hydrogen (secondary N) is 1. The Morgan fingerprint density at radius 2 is 1.78 bits per heavy atom. The Morgan fingerprint density at radius 1 is 1.06 bits per heavy atom. The van der Waals surface area contributed by atoms with Crippen LogP contribution in [0.5, 0.6) is 5.75 Å². The molecule has 0 spiro atoms. The molecule has 3 heteroatoms. The van der Waals surface area contributed by atoms with Gasteiger partial charge in [0.15, 0.2) is 5.78 Å². The number of carbonyl (C=O) groups excluding carboxylic acids is 1. The average Bonchev–Trinajstić information content (AvgIpc) is 2.40. The Bertz CT molecular complexity index is 550. The fourth-order valence-corrected chi connectivity index (χ4v) is 1.79. The van der Waals surface area contributed by atoms with Gasteiger partial charge >= 0.3 is 0 Å². The van der Waals surface area contributed by atoms with E-state index in [0.29, 0.717) is 17.0 Å². The minimum Gasteiger partial charge on any atom is -0.495 e. The summed E-state index contributed by atoms with van der Waals surface area (Å²) < 4.78 is 5.29. The summed E-state index contributed by atoms with van der Waals surface area (Å²) in [6.45, 7) is 1.55. The summed E-state index contributed by atoms with van der Waals surface area (Å²) in [5.41, 5.74) is 2.25. The molecule has 2 rings (SSSR count). The fourth-order valence-electron chi connectivity index (χ4n) is 1.79. The van der Waals surface area contributed by atoms with Crippen molar-refractivity contribution in [2.24, 2.45) is 0 Å². The Hall–Kier alpha value is -2.29. The van der Waals surface area contributed by atoms with Gasteiger partial charge in [0, 0.05) is 11.3 Å². The smallest absolute Gasteiger partial charge is 0.162 e. The Morgan fingerprint density at radius 3 is 2.39 bits per heavy atom. The van der Waals surface area contributed by atoms with Crippen LogP contribution >= 0.6 is 0 Å². The van der Waals surface area contributed by atoms with Gasteiger partial charge in [-0.3, -0.25) is 4.79 Å². The highest BCUT2D eigenvalue weighted by Gasteiger charge is 2.12. The van der Waals surface area contributed by atoms with Crippen LogP contribution in [0.1, 0.15) is 17.3 Å². The highest BCUT2D eigenvalue weighted by atomic mass is 16.5. The number of carbonyl (C=O) groups is 1. The van der Waals surface area contributed by atoms with Gasteiger partial charge in [0.05, 0.1) is 12.8 Å². The number of anilines is 2. The molecule has 0 unspecified atom stereocenters. The number of Topliss-reactive ketones (excluding diaryl/α,β-unsaturated/α-hetero) is 1. The van der Waals surface area contributed by atoms with Crippen molar-refractivity contribution in [3.05, 3.63) is 54.1 Å². The molecule has 0 fully saturated rings. The van der Waals surface area contributed by atoms with Crippen molar-refractivity contribution < 1.29 is 9.53 Å². The molecule has 0 saturated heterocycles. The molecule has 18 heavy (non-hydrogen) atoms. The van der Waals surface area contributed by atoms with Crippen molar-refractivity contribution >= 4 is 17.2 Å². The van der Waals surface area contributed by atoms with Gasteiger partial charge in [0.25, 0.3) is 0 Å². The summed E-state index contributed by atoms with van der Waals surface area (Å²) in [5.74, 6) is 0.666. The Kier molecular flexibility index (Phi) is 3.63. The molecule has 0 aliphatic heterocycles. The molecule has 0 saturated carbocycles. The Labute approximate surface area is 106 Å². The van der Waals surface area contributed by atoms with E-state index in [4.69, 9.17) is 4.74 Å². The molecule has 1 N–H and O–H groups in total. The van der Waals surface area contributed by atoms with Gasteiger partial charge in [-0.2, -0.15) is 0 Å². The molecule has 0 bridgehead atoms. The molecule has 0 atom stereocenters. The van der Waals surface area contributed by atoms with E-state index in [-0.39, 0.29) is 5.78 Å². The minimum atomic E-state index is 0.00679. The molecule has 0 aromatic heterocycles. The van der Waals surface area contributed by atoms with E-state index in [1.165, 1.54) is 0 Å². The van der Waals surface area contributed by atoms with Crippen LogP contribution in [0.2, 0.25) is 0 Å². The number of ketones is 1. The van der Waals surface area contributed by atoms with E-state index in [1.807, 2.05) is 42.5 Å². The van der Waals surface area contributed by atoms with Gasteiger partial charge < -0.3 is 10.1 Å². The standard InChI is InChI=1S/C15H15NO2/c1-11(17)13-9-6-10-14(18-2)15(13)16-12-7-4-3-5-8-12/h3-10,16H,1-2H3. The number of ether oxygens (including phenoxy) is 1. The normalized spacial score (nSPS) is 9.89. The first-order chi connectivity index (χ1) is 8.72. The maximum atomic E-state index is 11.6. The van der Waals surface area contributed by atoms with E-state index < -0.39 is 0 Å². The van der Waals surface area contributed by atoms with Crippen molar-refractivity contribution in [3.8, 4) is 5.75 Å². The molecule has 3 nitrogen and oxygen atoms in total. The topological polar surface area (TPSA) is 38.3 Å². The van der Waals surface area contributed by atoms with E-state index in [0.717, 1.165) is 5.69 Å². The summed E-state index contributed by atoms with van der Waals surface area (Å²) in [5, 5.41) is 3.23. The van der Waals surface area contributed by atoms with Gasteiger partial charge in [0.1, 0.15) is 5.75 Å². The van der Waals surface area contributed by atoms with Crippen molar-refractivity contribution in [1.29, 1.82) is 0 Å². The van der Waals surface area contributed by atoms with Crippen molar-refractivity contribution in [2.75, 3.05) is 12.4 Å². The predicted molar refractivity (Wildman–Crippen MR) is 72.7 cm³/mol. The van der Waals surface area contributed by atoms with Crippen LogP contribution in [0, 0.1) is 0 Å². The zero-order chi connectivity index (χ0) is 13.0. The first-order valence-electron chi connectivity index (χ1n) is 5.72. The van der Waals surface area contributed by atoms with Crippen molar-refractivity contribution in [3.63, 3.8) is 0 Å². The zero-order valence-corrected chi connectivity index (χ0v) is 10.4. The SMILES string of the molecule is COc1cccc(C(C)=O)c1Nc1ccccc1. The third kappa shape index (κ3) is 2.51. The summed E-state index contributed by atoms with van der Waals surface area (Å²) in [6, 6.07) is 15.1. The number of hydrogen-bond donors (Lipinski definition) is 1. The number of benzene rings is 2. The molecule has 0 heterocycles. The molecule has 2 aromatic rings. The summed E-state index contributed by atoms with van der Waals surface area (Å²) >= 11 is 0. The van der Waals surface area contributed by atoms with Crippen LogP contribution in [0.25, 0.3) is 0 Å². The second kappa shape index (κ2) is 5.36. The third-order valence-electron chi connectivity index (χ3n) is 2.67. The number of rotatable bonds is 4. The van der Waals surface area contributed by atoms with E-state index in [1.54, 1.807) is 20.1 Å². The van der Waals surface area contributed by atoms with Gasteiger partial charge in [-0.05, 0) is 31.2 Å². The molecule has 0 radical (unpaired) electrons. The fraction of sp³-hybridized carbons (Fsp3) is 0.133. The lowest BCUT2D eigenvalue weighted by atomic mass is 10.1. The summed E-state index contributed by atoms with van der Waals surface area (Å²) in [7, 11) is 1.59. The van der Waals surface area contributed by atoms with Gasteiger partial charge in [-0.1, -0.05) is 24.3 Å². The van der Waals surface area contributed by atoms with Crippen molar-refractivity contribution in [2.45, 2.75) is 6.92 Å². The average molecular weight is 241 g/mol. The third-order valence-corrected chi connectivity index (χ3v) is 2.67. The predicted octanol–water partition coefficient (Wildman–Crippen LogP) is 3.64. The molecular formula is C15H15NO2. The van der Waals surface area contributed by atoms with Gasteiger partial charge in [-0.25, -0.2) is 0 Å². The molecule has 0 amide bonds. The lowest BCUT2D eigenvalue weighted by molar-refractivity contribution is 0.101. The van der Waals surface area contributed by atoms with Crippen LogP contribution in [0.3, 0.4) is 0 Å². The number of hydrogen-bond acceptors (Lipinski definition) is 3. The lowest BCUT2D eigenvalue weighted by Crippen LogP contribution is -2.02. The van der Waals surface area contributed by atoms with E-state index in [2.05, 4.69) is 5.32 Å². The second-order valence-electron chi connectivity index (χ2n) is 3.93. The lowest BCUT2D eigenvalue weighted by Gasteiger charge is -2.14. The van der Waals surface area contributed by atoms with Crippen LogP contribution in [0.15, 0.2) is 48.5 Å². The number of para-hydroxylation sites is 2. The maximum Gasteiger partial charge on any atom is 0.162 e. The first kappa shape index (κ1) is 12.2. The quantitative estimate of drug-likeness (QED) is 0.830. The second-order valence-corrected chi connectivity index (χ2v) is 3.93. The largest absolute Gasteiger partial charge is 0.495 e. The van der Waals surface area contributed by atoms with E-state index >= 15 is 0 Å². The molecular weight excluding hydrogens is 226 g/mol. The number of methoxy groups -OCH3 is 1. The van der Waals surface area contributed by atoms with Gasteiger partial charge in [-0.15, -0.1) is 0 Å². The van der Waals surface area contributed by atoms with E-state index in [9.17, 15) is 4.79 Å². The molecule has 2 aromatic carbocycles. The molecule has 0 aliphatic rings. The summed E-state index contributed by atoms with van der Waals surface area (Å²) in [6.07, 6.45) is 0. The van der Waals surface area contributed by atoms with Crippen molar-refractivity contribution in [1.82, 2.24) is 0 Å². The molecule has 92 valence electrons. The van der Waals surface area contributed by atoms with Crippen LogP contribution in [0.4, 0.5) is 11.4 Å². The zero-order valence-electron chi connectivity index (χ0n) is 10.4. The highest BCUT2D eigenvalue weighted by molar-refractivity contribution is 6.01. The molecule has 0 aliphatic carbocycles. The van der Waals surface area contributed by atoms with Crippen LogP contribution < -0.4 is 10.1 Å². The van der Waals surface area contributed by atoms with Gasteiger partial charge in [0.2, 0.25) is 0 Å². The minimum absolute atomic E-state index is 0.00679. The van der Waals surface area contributed by atoms with Crippen LogP contribution in [-0.4, -0.2) is 12.9 Å². The monoisotopic (exact) mass is 241 g/mol. The highest BCUT2D eigenvalue weighted by Crippen LogP contribution is 2.31. The first-order valence-corrected chi connectivity index (χ1v) is 5.72. The van der Waals surface area contributed by atoms with Crippen LogP contribution in [-0.2, 0) is 0 Å². The summed E-state index contributed by atoms with van der Waals surface area (Å²) in [4.78, 5) is 11.6. The maximum absolute atomic E-state index is 11.6. The Balaban J connectivity index is 2.44.